The first kappa shape index (κ1) is 18.4. The maximum Gasteiger partial charge on any atom is 0.341 e. The molecule has 0 aliphatic heterocycles. The summed E-state index contributed by atoms with van der Waals surface area (Å²) in [6, 6.07) is 17.5. The lowest BCUT2D eigenvalue weighted by Gasteiger charge is -2.07. The van der Waals surface area contributed by atoms with E-state index in [-0.39, 0.29) is 5.91 Å². The molecule has 6 nitrogen and oxygen atoms in total. The molecule has 3 rings (SSSR count). The van der Waals surface area contributed by atoms with E-state index < -0.39 is 5.97 Å². The average Bonchev–Trinajstić information content (AvgIpc) is 3.18. The van der Waals surface area contributed by atoms with Crippen molar-refractivity contribution in [2.24, 2.45) is 0 Å². The van der Waals surface area contributed by atoms with Crippen molar-refractivity contribution in [1.29, 1.82) is 0 Å². The molecule has 0 radical (unpaired) electrons. The molecule has 0 atom stereocenters. The molecule has 27 heavy (non-hydrogen) atoms. The molecule has 0 aliphatic carbocycles. The largest absolute Gasteiger partial charge is 0.462 e. The Morgan fingerprint density at radius 3 is 2.41 bits per heavy atom. The van der Waals surface area contributed by atoms with Gasteiger partial charge in [-0.15, -0.1) is 0 Å². The first-order chi connectivity index (χ1) is 13.2. The molecule has 0 saturated carbocycles. The standard InChI is InChI=1S/C21H21N3O3/c1-2-27-21(26)19-14-23-24(15-19)13-12-22-20(25)18-10-8-17(9-11-18)16-6-4-3-5-7-16/h3-11,14-15H,2,12-13H2,1H3,(H,22,25). The van der Waals surface area contributed by atoms with E-state index in [1.165, 1.54) is 6.20 Å². The molecule has 2 aromatic carbocycles. The van der Waals surface area contributed by atoms with Crippen LogP contribution in [-0.2, 0) is 11.3 Å². The maximum absolute atomic E-state index is 12.3. The van der Waals surface area contributed by atoms with Crippen LogP contribution in [0.15, 0.2) is 67.0 Å². The average molecular weight is 363 g/mol. The highest BCUT2D eigenvalue weighted by atomic mass is 16.5. The highest BCUT2D eigenvalue weighted by molar-refractivity contribution is 5.94. The van der Waals surface area contributed by atoms with Gasteiger partial charge in [-0.1, -0.05) is 42.5 Å². The topological polar surface area (TPSA) is 73.2 Å². The third-order valence-corrected chi connectivity index (χ3v) is 4.03. The van der Waals surface area contributed by atoms with Crippen LogP contribution in [0.1, 0.15) is 27.6 Å². The van der Waals surface area contributed by atoms with Gasteiger partial charge in [0.1, 0.15) is 0 Å². The number of esters is 1. The van der Waals surface area contributed by atoms with Crippen LogP contribution in [0.3, 0.4) is 0 Å². The Bertz CT molecular complexity index is 902. The van der Waals surface area contributed by atoms with E-state index >= 15 is 0 Å². The Kier molecular flexibility index (Phi) is 5.99. The highest BCUT2D eigenvalue weighted by Crippen LogP contribution is 2.19. The minimum Gasteiger partial charge on any atom is -0.462 e. The number of ether oxygens (including phenoxy) is 1. The second kappa shape index (κ2) is 8.80. The minimum absolute atomic E-state index is 0.146. The molecule has 0 fully saturated rings. The van der Waals surface area contributed by atoms with Crippen molar-refractivity contribution < 1.29 is 14.3 Å². The van der Waals surface area contributed by atoms with E-state index in [0.717, 1.165) is 11.1 Å². The number of rotatable bonds is 7. The highest BCUT2D eigenvalue weighted by Gasteiger charge is 2.10. The molecule has 0 saturated heterocycles. The first-order valence-corrected chi connectivity index (χ1v) is 8.80. The Labute approximate surface area is 157 Å². The van der Waals surface area contributed by atoms with Crippen molar-refractivity contribution in [2.75, 3.05) is 13.2 Å². The molecular weight excluding hydrogens is 342 g/mol. The van der Waals surface area contributed by atoms with Crippen LogP contribution in [0.5, 0.6) is 0 Å². The number of carbonyl (C=O) groups is 2. The second-order valence-corrected chi connectivity index (χ2v) is 5.91. The summed E-state index contributed by atoms with van der Waals surface area (Å²) < 4.78 is 6.52. The van der Waals surface area contributed by atoms with E-state index in [4.69, 9.17) is 4.74 Å². The van der Waals surface area contributed by atoms with Gasteiger partial charge in [0.2, 0.25) is 0 Å². The SMILES string of the molecule is CCOC(=O)c1cnn(CCNC(=O)c2ccc(-c3ccccc3)cc2)c1. The Balaban J connectivity index is 1.51. The molecule has 1 heterocycles. The zero-order valence-corrected chi connectivity index (χ0v) is 15.1. The summed E-state index contributed by atoms with van der Waals surface area (Å²) >= 11 is 0. The Hall–Kier alpha value is -3.41. The van der Waals surface area contributed by atoms with Crippen molar-refractivity contribution >= 4 is 11.9 Å². The van der Waals surface area contributed by atoms with Crippen LogP contribution >= 0.6 is 0 Å². The van der Waals surface area contributed by atoms with E-state index in [0.29, 0.717) is 30.8 Å². The van der Waals surface area contributed by atoms with Gasteiger partial charge >= 0.3 is 5.97 Å². The van der Waals surface area contributed by atoms with Gasteiger partial charge in [-0.2, -0.15) is 5.10 Å². The van der Waals surface area contributed by atoms with Crippen LogP contribution < -0.4 is 5.32 Å². The van der Waals surface area contributed by atoms with Crippen LogP contribution in [0, 0.1) is 0 Å². The number of benzene rings is 2. The summed E-state index contributed by atoms with van der Waals surface area (Å²) in [4.78, 5) is 23.9. The van der Waals surface area contributed by atoms with Crippen molar-refractivity contribution in [2.45, 2.75) is 13.5 Å². The van der Waals surface area contributed by atoms with Crippen LogP contribution in [0.2, 0.25) is 0 Å². The second-order valence-electron chi connectivity index (χ2n) is 5.91. The first-order valence-electron chi connectivity index (χ1n) is 8.80. The zero-order chi connectivity index (χ0) is 19.1. The number of aromatic nitrogens is 2. The van der Waals surface area contributed by atoms with E-state index in [2.05, 4.69) is 10.4 Å². The Morgan fingerprint density at radius 2 is 1.70 bits per heavy atom. The van der Waals surface area contributed by atoms with E-state index in [1.807, 2.05) is 54.6 Å². The Morgan fingerprint density at radius 1 is 1.00 bits per heavy atom. The van der Waals surface area contributed by atoms with E-state index in [9.17, 15) is 9.59 Å². The summed E-state index contributed by atoms with van der Waals surface area (Å²) in [7, 11) is 0. The molecule has 0 unspecified atom stereocenters. The number of hydrogen-bond acceptors (Lipinski definition) is 4. The molecule has 138 valence electrons. The number of nitrogens with zero attached hydrogens (tertiary/aromatic N) is 2. The van der Waals surface area contributed by atoms with Crippen molar-refractivity contribution in [3.05, 3.63) is 78.1 Å². The predicted molar refractivity (Wildman–Crippen MR) is 102 cm³/mol. The summed E-state index contributed by atoms with van der Waals surface area (Å²) in [6.07, 6.45) is 3.07. The normalized spacial score (nSPS) is 10.4. The lowest BCUT2D eigenvalue weighted by atomic mass is 10.0. The van der Waals surface area contributed by atoms with Crippen LogP contribution in [0.25, 0.3) is 11.1 Å². The van der Waals surface area contributed by atoms with Gasteiger partial charge in [-0.05, 0) is 30.2 Å². The molecule has 6 heteroatoms. The minimum atomic E-state index is -0.397. The fourth-order valence-electron chi connectivity index (χ4n) is 2.64. The van der Waals surface area contributed by atoms with Crippen molar-refractivity contribution in [3.63, 3.8) is 0 Å². The summed E-state index contributed by atoms with van der Waals surface area (Å²) in [5.74, 6) is -0.543. The molecule has 0 bridgehead atoms. The molecule has 1 aromatic heterocycles. The van der Waals surface area contributed by atoms with E-state index in [1.54, 1.807) is 17.8 Å². The van der Waals surface area contributed by atoms with Crippen LogP contribution in [-0.4, -0.2) is 34.8 Å². The smallest absolute Gasteiger partial charge is 0.341 e. The fourth-order valence-corrected chi connectivity index (χ4v) is 2.64. The quantitative estimate of drug-likeness (QED) is 0.655. The van der Waals surface area contributed by atoms with Gasteiger partial charge < -0.3 is 10.1 Å². The van der Waals surface area contributed by atoms with Gasteiger partial charge in [0.15, 0.2) is 0 Å². The monoisotopic (exact) mass is 363 g/mol. The molecular formula is C21H21N3O3. The number of nitrogens with one attached hydrogen (secondary N) is 1. The maximum atomic E-state index is 12.3. The van der Waals surface area contributed by atoms with Crippen molar-refractivity contribution in [3.8, 4) is 11.1 Å². The van der Waals surface area contributed by atoms with Gasteiger partial charge in [0.25, 0.3) is 5.91 Å². The molecule has 3 aromatic rings. The predicted octanol–water partition coefficient (Wildman–Crippen LogP) is 3.16. The fraction of sp³-hybridized carbons (Fsp3) is 0.190. The lowest BCUT2D eigenvalue weighted by molar-refractivity contribution is 0.0526. The van der Waals surface area contributed by atoms with Gasteiger partial charge in [-0.3, -0.25) is 9.48 Å². The zero-order valence-electron chi connectivity index (χ0n) is 15.1. The number of hydrogen-bond donors (Lipinski definition) is 1. The lowest BCUT2D eigenvalue weighted by Crippen LogP contribution is -2.27. The third kappa shape index (κ3) is 4.82. The number of amides is 1. The summed E-state index contributed by atoms with van der Waals surface area (Å²) in [6.45, 7) is 2.95. The van der Waals surface area contributed by atoms with Gasteiger partial charge in [0, 0.05) is 18.3 Å². The van der Waals surface area contributed by atoms with Gasteiger partial charge in [-0.25, -0.2) is 4.79 Å². The van der Waals surface area contributed by atoms with Crippen molar-refractivity contribution in [1.82, 2.24) is 15.1 Å². The molecule has 0 aliphatic rings. The summed E-state index contributed by atoms with van der Waals surface area (Å²) in [5.41, 5.74) is 3.18. The summed E-state index contributed by atoms with van der Waals surface area (Å²) in [5, 5.41) is 6.95. The molecule has 1 N–H and O–H groups in total. The number of carbonyl (C=O) groups excluding carboxylic acids is 2. The molecule has 0 spiro atoms. The third-order valence-electron chi connectivity index (χ3n) is 4.03. The molecule has 1 amide bonds. The van der Waals surface area contributed by atoms with Crippen LogP contribution in [0.4, 0.5) is 0 Å². The van der Waals surface area contributed by atoms with Gasteiger partial charge in [0.05, 0.1) is 24.9 Å².